The number of phosphoric ester groups is 1. The van der Waals surface area contributed by atoms with Gasteiger partial charge >= 0.3 is 0 Å². The van der Waals surface area contributed by atoms with Crippen molar-refractivity contribution in [3.8, 4) is 0 Å². The molecule has 0 saturated carbocycles. The molecule has 9 heteroatoms. The van der Waals surface area contributed by atoms with E-state index in [9.17, 15) is 19.4 Å². The molecule has 0 aliphatic carbocycles. The molecule has 3 atom stereocenters. The van der Waals surface area contributed by atoms with Crippen molar-refractivity contribution in [2.45, 2.75) is 315 Å². The molecule has 0 aromatic rings. The Hall–Kier alpha value is -2.32. The highest BCUT2D eigenvalue weighted by Crippen LogP contribution is 2.38. The van der Waals surface area contributed by atoms with Crippen LogP contribution in [0.4, 0.5) is 0 Å². The van der Waals surface area contributed by atoms with E-state index >= 15 is 0 Å². The van der Waals surface area contributed by atoms with Crippen molar-refractivity contribution in [2.75, 3.05) is 40.9 Å². The van der Waals surface area contributed by atoms with Gasteiger partial charge in [-0.15, -0.1) is 0 Å². The van der Waals surface area contributed by atoms with Crippen molar-refractivity contribution in [1.29, 1.82) is 0 Å². The van der Waals surface area contributed by atoms with Crippen LogP contribution in [0.3, 0.4) is 0 Å². The summed E-state index contributed by atoms with van der Waals surface area (Å²) in [6.07, 6.45) is 85.5. The number of unbranched alkanes of at least 4 members (excludes halogenated alkanes) is 36. The summed E-state index contributed by atoms with van der Waals surface area (Å²) in [6.45, 7) is 4.55. The first-order valence-corrected chi connectivity index (χ1v) is 34.9. The molecule has 0 fully saturated rings. The number of nitrogens with one attached hydrogen (secondary N) is 1. The van der Waals surface area contributed by atoms with E-state index in [0.717, 1.165) is 70.6 Å². The van der Waals surface area contributed by atoms with E-state index in [0.29, 0.717) is 17.4 Å². The summed E-state index contributed by atoms with van der Waals surface area (Å²) >= 11 is 0. The maximum Gasteiger partial charge on any atom is 0.268 e. The molecule has 0 aromatic heterocycles. The molecule has 0 bridgehead atoms. The number of hydrogen-bond donors (Lipinski definition) is 2. The summed E-state index contributed by atoms with van der Waals surface area (Å²) in [5.74, 6) is -0.205. The van der Waals surface area contributed by atoms with Gasteiger partial charge in [-0.3, -0.25) is 9.36 Å². The Labute approximate surface area is 490 Å². The van der Waals surface area contributed by atoms with Gasteiger partial charge in [-0.25, -0.2) is 0 Å². The summed E-state index contributed by atoms with van der Waals surface area (Å²) < 4.78 is 23.4. The Bertz CT molecular complexity index is 1560. The molecule has 2 N–H and O–H groups in total. The van der Waals surface area contributed by atoms with Gasteiger partial charge in [-0.05, 0) is 77.0 Å². The van der Waals surface area contributed by atoms with Gasteiger partial charge in [0.25, 0.3) is 7.82 Å². The quantitative estimate of drug-likeness (QED) is 0.0272. The minimum Gasteiger partial charge on any atom is -0.756 e. The first-order valence-electron chi connectivity index (χ1n) is 33.4. The third-order valence-corrected chi connectivity index (χ3v) is 15.8. The van der Waals surface area contributed by atoms with Crippen LogP contribution in [0.15, 0.2) is 85.1 Å². The molecule has 3 unspecified atom stereocenters. The number of carbonyl (C=O) groups excluding carboxylic acids is 1. The lowest BCUT2D eigenvalue weighted by Crippen LogP contribution is -2.45. The molecular formula is C70H129N2O6P. The first kappa shape index (κ1) is 76.7. The van der Waals surface area contributed by atoms with Crippen molar-refractivity contribution >= 4 is 13.7 Å². The first-order chi connectivity index (χ1) is 38.5. The Morgan fingerprint density at radius 2 is 0.785 bits per heavy atom. The van der Waals surface area contributed by atoms with Crippen LogP contribution in [-0.4, -0.2) is 68.5 Å². The smallest absolute Gasteiger partial charge is 0.268 e. The molecular weight excluding hydrogens is 996 g/mol. The van der Waals surface area contributed by atoms with Gasteiger partial charge in [0.05, 0.1) is 39.9 Å². The van der Waals surface area contributed by atoms with Gasteiger partial charge in [0, 0.05) is 6.42 Å². The zero-order chi connectivity index (χ0) is 57.7. The lowest BCUT2D eigenvalue weighted by molar-refractivity contribution is -0.870. The van der Waals surface area contributed by atoms with Gasteiger partial charge < -0.3 is 28.8 Å². The minimum absolute atomic E-state index is 0.00783. The maximum atomic E-state index is 13.0. The average molecular weight is 1130 g/mol. The monoisotopic (exact) mass is 1120 g/mol. The van der Waals surface area contributed by atoms with Crippen LogP contribution in [0, 0.1) is 0 Å². The van der Waals surface area contributed by atoms with Crippen LogP contribution in [0.25, 0.3) is 0 Å². The number of allylic oxidation sites excluding steroid dienone is 13. The second-order valence-corrected chi connectivity index (χ2v) is 25.2. The number of amides is 1. The number of hydrogen-bond acceptors (Lipinski definition) is 6. The fourth-order valence-corrected chi connectivity index (χ4v) is 10.4. The second kappa shape index (κ2) is 60.3. The number of rotatable bonds is 61. The molecule has 0 aliphatic rings. The predicted molar refractivity (Wildman–Crippen MR) is 343 cm³/mol. The molecule has 460 valence electrons. The molecule has 0 spiro atoms. The topological polar surface area (TPSA) is 108 Å². The molecule has 1 amide bonds. The van der Waals surface area contributed by atoms with Gasteiger partial charge in [-0.2, -0.15) is 0 Å². The van der Waals surface area contributed by atoms with Crippen LogP contribution < -0.4 is 10.2 Å². The SMILES string of the molecule is CC/C=C\C/C=C\C/C=C\C/C=C\C/C=C\CCCCCCCCCCCCCCCCCCCC(=O)NC(COP(=O)([O-])OCC[N+](C)(C)C)C(O)/C=C/CC/C=C/CCCCCCCCCCCCCCCCCCCC. The van der Waals surface area contributed by atoms with Gasteiger partial charge in [0.1, 0.15) is 13.2 Å². The van der Waals surface area contributed by atoms with Crippen LogP contribution in [-0.2, 0) is 18.4 Å². The van der Waals surface area contributed by atoms with E-state index in [4.69, 9.17) is 9.05 Å². The van der Waals surface area contributed by atoms with Crippen molar-refractivity contribution in [1.82, 2.24) is 5.32 Å². The van der Waals surface area contributed by atoms with Crippen LogP contribution >= 0.6 is 7.82 Å². The summed E-state index contributed by atoms with van der Waals surface area (Å²) in [5, 5.41) is 13.9. The number of quaternary nitrogens is 1. The molecule has 0 aromatic carbocycles. The maximum absolute atomic E-state index is 13.0. The van der Waals surface area contributed by atoms with Crippen LogP contribution in [0.5, 0.6) is 0 Å². The highest BCUT2D eigenvalue weighted by atomic mass is 31.2. The minimum atomic E-state index is -4.61. The average Bonchev–Trinajstić information content (AvgIpc) is 3.42. The fourth-order valence-electron chi connectivity index (χ4n) is 9.67. The van der Waals surface area contributed by atoms with E-state index < -0.39 is 26.6 Å². The molecule has 0 heterocycles. The molecule has 0 saturated heterocycles. The van der Waals surface area contributed by atoms with Gasteiger partial charge in [0.2, 0.25) is 5.91 Å². The molecule has 8 nitrogen and oxygen atoms in total. The third kappa shape index (κ3) is 63.1. The molecule has 0 rings (SSSR count). The largest absolute Gasteiger partial charge is 0.756 e. The van der Waals surface area contributed by atoms with Gasteiger partial charge in [-0.1, -0.05) is 304 Å². The Morgan fingerprint density at radius 1 is 0.456 bits per heavy atom. The second-order valence-electron chi connectivity index (χ2n) is 23.8. The number of aliphatic hydroxyl groups excluding tert-OH is 1. The molecule has 0 radical (unpaired) electrons. The normalized spacial score (nSPS) is 14.3. The summed E-state index contributed by atoms with van der Waals surface area (Å²) in [7, 11) is 1.25. The van der Waals surface area contributed by atoms with E-state index in [1.54, 1.807) is 6.08 Å². The summed E-state index contributed by atoms with van der Waals surface area (Å²) in [5.41, 5.74) is 0. The predicted octanol–water partition coefficient (Wildman–Crippen LogP) is 20.5. The standard InChI is InChI=1S/C70H129N2O6P/c1-6-8-10-12-14-16-18-20-22-24-26-28-30-32-33-34-35-36-37-38-39-40-42-44-46-48-50-52-54-56-58-60-62-64-70(74)71-68(67-78-79(75,76)77-66-65-72(3,4)5)69(73)63-61-59-57-55-53-51-49-47-45-43-41-31-29-27-25-23-21-19-17-15-13-11-9-7-2/h8,10,14,16,20,22,26,28,32-33,53,55,61,63,68-69,73H,6-7,9,11-13,15,17-19,21,23-25,27,29-31,34-52,54,56-60,62,64-67H2,1-5H3,(H-,71,74,75,76)/b10-8-,16-14-,22-20-,28-26-,33-32-,55-53+,63-61+. The van der Waals surface area contributed by atoms with Gasteiger partial charge in [0.15, 0.2) is 0 Å². The highest BCUT2D eigenvalue weighted by molar-refractivity contribution is 7.45. The summed E-state index contributed by atoms with van der Waals surface area (Å²) in [6, 6.07) is -0.908. The van der Waals surface area contributed by atoms with Crippen LogP contribution in [0.1, 0.15) is 303 Å². The lowest BCUT2D eigenvalue weighted by Gasteiger charge is -2.29. The zero-order valence-corrected chi connectivity index (χ0v) is 53.5. The number of aliphatic hydroxyl groups is 1. The molecule has 79 heavy (non-hydrogen) atoms. The Balaban J connectivity index is 4.11. The van der Waals surface area contributed by atoms with Crippen molar-refractivity contribution in [3.05, 3.63) is 85.1 Å². The zero-order valence-electron chi connectivity index (χ0n) is 52.6. The number of likely N-dealkylation sites (N-methyl/N-ethyl adjacent to an activating group) is 1. The third-order valence-electron chi connectivity index (χ3n) is 14.8. The fraction of sp³-hybridized carbons (Fsp3) is 0.786. The van der Waals surface area contributed by atoms with E-state index in [2.05, 4.69) is 92.1 Å². The molecule has 0 aliphatic heterocycles. The number of carbonyl (C=O) groups is 1. The van der Waals surface area contributed by atoms with E-state index in [1.807, 2.05) is 27.2 Å². The van der Waals surface area contributed by atoms with Crippen molar-refractivity contribution in [2.24, 2.45) is 0 Å². The Morgan fingerprint density at radius 3 is 1.18 bits per heavy atom. The number of nitrogens with zero attached hydrogens (tertiary/aromatic N) is 1. The van der Waals surface area contributed by atoms with Crippen molar-refractivity contribution in [3.63, 3.8) is 0 Å². The lowest BCUT2D eigenvalue weighted by atomic mass is 10.0. The Kier molecular flexibility index (Phi) is 58.5. The van der Waals surface area contributed by atoms with E-state index in [-0.39, 0.29) is 12.5 Å². The highest BCUT2D eigenvalue weighted by Gasteiger charge is 2.23. The number of phosphoric acid groups is 1. The van der Waals surface area contributed by atoms with E-state index in [1.165, 1.54) is 212 Å². The summed E-state index contributed by atoms with van der Waals surface area (Å²) in [4.78, 5) is 25.6. The van der Waals surface area contributed by atoms with Crippen molar-refractivity contribution < 1.29 is 32.9 Å². The van der Waals surface area contributed by atoms with Crippen LogP contribution in [0.2, 0.25) is 0 Å².